The van der Waals surface area contributed by atoms with Gasteiger partial charge in [-0.2, -0.15) is 0 Å². The molecule has 0 heterocycles. The Balaban J connectivity index is 2.27. The highest BCUT2D eigenvalue weighted by atomic mass is 16.5. The average molecular weight is 272 g/mol. The number of ether oxygens (including phenoxy) is 1. The van der Waals surface area contributed by atoms with E-state index in [0.29, 0.717) is 6.42 Å². The summed E-state index contributed by atoms with van der Waals surface area (Å²) >= 11 is 0. The monoisotopic (exact) mass is 272 g/mol. The highest BCUT2D eigenvalue weighted by molar-refractivity contribution is 5.72. The van der Waals surface area contributed by atoms with E-state index in [1.807, 2.05) is 43.3 Å². The van der Waals surface area contributed by atoms with Crippen LogP contribution in [0.2, 0.25) is 0 Å². The van der Waals surface area contributed by atoms with Gasteiger partial charge in [0, 0.05) is 0 Å². The van der Waals surface area contributed by atoms with E-state index in [2.05, 4.69) is 26.0 Å². The maximum absolute atomic E-state index is 11.7. The summed E-state index contributed by atoms with van der Waals surface area (Å²) in [7, 11) is 0. The molecule has 0 N–H and O–H groups in total. The van der Waals surface area contributed by atoms with Crippen molar-refractivity contribution < 1.29 is 9.53 Å². The lowest BCUT2D eigenvalue weighted by atomic mass is 10.1. The first-order valence-corrected chi connectivity index (χ1v) is 7.11. The fourth-order valence-electron chi connectivity index (χ4n) is 1.81. The number of unbranched alkanes of at least 4 members (excludes halogenated alkanes) is 1. The van der Waals surface area contributed by atoms with E-state index in [1.165, 1.54) is 5.57 Å². The third-order valence-corrected chi connectivity index (χ3v) is 2.80. The fourth-order valence-corrected chi connectivity index (χ4v) is 1.81. The summed E-state index contributed by atoms with van der Waals surface area (Å²) in [6, 6.07) is 9.65. The van der Waals surface area contributed by atoms with Gasteiger partial charge in [0.05, 0.1) is 6.42 Å². The minimum absolute atomic E-state index is 0.169. The van der Waals surface area contributed by atoms with Crippen molar-refractivity contribution in [2.24, 2.45) is 0 Å². The molecule has 0 amide bonds. The Morgan fingerprint density at radius 3 is 2.55 bits per heavy atom. The van der Waals surface area contributed by atoms with Gasteiger partial charge in [-0.3, -0.25) is 4.79 Å². The zero-order chi connectivity index (χ0) is 14.8. The van der Waals surface area contributed by atoms with Crippen LogP contribution in [0.5, 0.6) is 0 Å². The SMILES string of the molecule is CC(C)=CCC/C=C/C(C)OC(=O)Cc1ccccc1. The molecular weight excluding hydrogens is 248 g/mol. The van der Waals surface area contributed by atoms with E-state index in [0.717, 1.165) is 18.4 Å². The van der Waals surface area contributed by atoms with Gasteiger partial charge in [0.2, 0.25) is 0 Å². The summed E-state index contributed by atoms with van der Waals surface area (Å²) in [6.07, 6.45) is 8.39. The van der Waals surface area contributed by atoms with Crippen LogP contribution in [0, 0.1) is 0 Å². The van der Waals surface area contributed by atoms with E-state index >= 15 is 0 Å². The summed E-state index contributed by atoms with van der Waals surface area (Å²) in [5.74, 6) is -0.183. The molecule has 2 nitrogen and oxygen atoms in total. The molecule has 0 fully saturated rings. The van der Waals surface area contributed by atoms with Gasteiger partial charge in [0.1, 0.15) is 6.10 Å². The van der Waals surface area contributed by atoms with Crippen molar-refractivity contribution in [2.45, 2.75) is 46.1 Å². The highest BCUT2D eigenvalue weighted by Crippen LogP contribution is 2.04. The van der Waals surface area contributed by atoms with Crippen molar-refractivity contribution in [1.29, 1.82) is 0 Å². The molecular formula is C18H24O2. The van der Waals surface area contributed by atoms with E-state index in [4.69, 9.17) is 4.74 Å². The average Bonchev–Trinajstić information content (AvgIpc) is 2.38. The third-order valence-electron chi connectivity index (χ3n) is 2.80. The first-order chi connectivity index (χ1) is 9.58. The number of allylic oxidation sites excluding steroid dienone is 3. The topological polar surface area (TPSA) is 26.3 Å². The molecule has 108 valence electrons. The number of hydrogen-bond acceptors (Lipinski definition) is 2. The number of carbonyl (C=O) groups is 1. The molecule has 0 radical (unpaired) electrons. The lowest BCUT2D eigenvalue weighted by molar-refractivity contribution is -0.145. The lowest BCUT2D eigenvalue weighted by Crippen LogP contribution is -2.14. The second-order valence-corrected chi connectivity index (χ2v) is 5.14. The second-order valence-electron chi connectivity index (χ2n) is 5.14. The zero-order valence-electron chi connectivity index (χ0n) is 12.6. The zero-order valence-corrected chi connectivity index (χ0v) is 12.6. The molecule has 0 saturated carbocycles. The number of rotatable bonds is 7. The Hall–Kier alpha value is -1.83. The molecule has 0 aliphatic rings. The van der Waals surface area contributed by atoms with Gasteiger partial charge in [0.15, 0.2) is 0 Å². The molecule has 0 saturated heterocycles. The first-order valence-electron chi connectivity index (χ1n) is 7.11. The molecule has 0 aromatic heterocycles. The largest absolute Gasteiger partial charge is 0.458 e. The number of hydrogen-bond donors (Lipinski definition) is 0. The Labute approximate surface area is 122 Å². The third kappa shape index (κ3) is 7.57. The van der Waals surface area contributed by atoms with Crippen LogP contribution in [0.15, 0.2) is 54.1 Å². The summed E-state index contributed by atoms with van der Waals surface area (Å²) in [4.78, 5) is 11.7. The predicted molar refractivity (Wildman–Crippen MR) is 83.5 cm³/mol. The number of benzene rings is 1. The Bertz CT molecular complexity index is 454. The maximum Gasteiger partial charge on any atom is 0.310 e. The summed E-state index contributed by atoms with van der Waals surface area (Å²) < 4.78 is 5.34. The molecule has 20 heavy (non-hydrogen) atoms. The van der Waals surface area contributed by atoms with Crippen LogP contribution in [0.4, 0.5) is 0 Å². The molecule has 1 aromatic carbocycles. The van der Waals surface area contributed by atoms with Crippen LogP contribution in [0.1, 0.15) is 39.2 Å². The molecule has 1 unspecified atom stereocenters. The van der Waals surface area contributed by atoms with E-state index in [1.54, 1.807) is 0 Å². The number of esters is 1. The summed E-state index contributed by atoms with van der Waals surface area (Å²) in [6.45, 7) is 6.08. The van der Waals surface area contributed by atoms with Gasteiger partial charge < -0.3 is 4.74 Å². The van der Waals surface area contributed by atoms with Crippen LogP contribution in [0.25, 0.3) is 0 Å². The molecule has 2 heteroatoms. The van der Waals surface area contributed by atoms with Crippen molar-refractivity contribution >= 4 is 5.97 Å². The highest BCUT2D eigenvalue weighted by Gasteiger charge is 2.07. The molecule has 0 aliphatic heterocycles. The van der Waals surface area contributed by atoms with Gasteiger partial charge in [-0.1, -0.05) is 48.1 Å². The van der Waals surface area contributed by atoms with Gasteiger partial charge in [-0.25, -0.2) is 0 Å². The van der Waals surface area contributed by atoms with Gasteiger partial charge >= 0.3 is 5.97 Å². The van der Waals surface area contributed by atoms with Crippen molar-refractivity contribution in [3.63, 3.8) is 0 Å². The predicted octanol–water partition coefficient (Wildman–Crippen LogP) is 4.46. The van der Waals surface area contributed by atoms with Gasteiger partial charge in [-0.15, -0.1) is 0 Å². The lowest BCUT2D eigenvalue weighted by Gasteiger charge is -2.09. The van der Waals surface area contributed by atoms with Crippen LogP contribution < -0.4 is 0 Å². The van der Waals surface area contributed by atoms with Crippen molar-refractivity contribution in [2.75, 3.05) is 0 Å². The molecule has 0 spiro atoms. The van der Waals surface area contributed by atoms with E-state index < -0.39 is 0 Å². The summed E-state index contributed by atoms with van der Waals surface area (Å²) in [5, 5.41) is 0. The van der Waals surface area contributed by atoms with E-state index in [-0.39, 0.29) is 12.1 Å². The van der Waals surface area contributed by atoms with Gasteiger partial charge in [-0.05, 0) is 45.3 Å². The first kappa shape index (κ1) is 16.2. The molecule has 1 rings (SSSR count). The number of carbonyl (C=O) groups excluding carboxylic acids is 1. The van der Waals surface area contributed by atoms with Crippen molar-refractivity contribution in [3.05, 3.63) is 59.7 Å². The smallest absolute Gasteiger partial charge is 0.310 e. The minimum Gasteiger partial charge on any atom is -0.458 e. The quantitative estimate of drug-likeness (QED) is 0.416. The summed E-state index contributed by atoms with van der Waals surface area (Å²) in [5.41, 5.74) is 2.32. The minimum atomic E-state index is -0.183. The fraction of sp³-hybridized carbons (Fsp3) is 0.389. The Morgan fingerprint density at radius 2 is 1.90 bits per heavy atom. The Kier molecular flexibility index (Phi) is 7.41. The molecule has 0 bridgehead atoms. The normalized spacial score (nSPS) is 12.2. The maximum atomic E-state index is 11.7. The van der Waals surface area contributed by atoms with Crippen LogP contribution in [-0.4, -0.2) is 12.1 Å². The van der Waals surface area contributed by atoms with Crippen molar-refractivity contribution in [3.8, 4) is 0 Å². The van der Waals surface area contributed by atoms with Crippen molar-refractivity contribution in [1.82, 2.24) is 0 Å². The van der Waals surface area contributed by atoms with Crippen LogP contribution >= 0.6 is 0 Å². The molecule has 1 atom stereocenters. The Morgan fingerprint density at radius 1 is 1.20 bits per heavy atom. The molecule has 0 aliphatic carbocycles. The second kappa shape index (κ2) is 9.13. The standard InChI is InChI=1S/C18H24O2/c1-15(2)10-6-4-7-11-16(3)20-18(19)14-17-12-8-5-9-13-17/h5,7-13,16H,4,6,14H2,1-3H3/b11-7+. The van der Waals surface area contributed by atoms with Gasteiger partial charge in [0.25, 0.3) is 0 Å². The van der Waals surface area contributed by atoms with E-state index in [9.17, 15) is 4.79 Å². The van der Waals surface area contributed by atoms with Crippen LogP contribution in [0.3, 0.4) is 0 Å². The molecule has 1 aromatic rings. The van der Waals surface area contributed by atoms with Crippen LogP contribution in [-0.2, 0) is 16.0 Å².